The molecule has 0 aromatic heterocycles. The van der Waals surface area contributed by atoms with E-state index in [9.17, 15) is 5.11 Å². The largest absolute Gasteiger partial charge is 0.390 e. The highest BCUT2D eigenvalue weighted by Gasteiger charge is 2.39. The van der Waals surface area contributed by atoms with E-state index in [0.29, 0.717) is 12.0 Å². The number of nitrogens with one attached hydrogen (secondary N) is 1. The van der Waals surface area contributed by atoms with Crippen LogP contribution in [0.2, 0.25) is 0 Å². The zero-order valence-corrected chi connectivity index (χ0v) is 18.8. The molecule has 0 unspecified atom stereocenters. The predicted octanol–water partition coefficient (Wildman–Crippen LogP) is 6.29. The van der Waals surface area contributed by atoms with Gasteiger partial charge in [-0.25, -0.2) is 0 Å². The molecular weight excluding hydrogens is 378 g/mol. The van der Waals surface area contributed by atoms with Gasteiger partial charge in [-0.3, -0.25) is 5.32 Å². The Labute approximate surface area is 187 Å². The zero-order valence-electron chi connectivity index (χ0n) is 18.8. The molecule has 0 aliphatic heterocycles. The van der Waals surface area contributed by atoms with Gasteiger partial charge in [0.1, 0.15) is 0 Å². The van der Waals surface area contributed by atoms with Gasteiger partial charge < -0.3 is 5.11 Å². The number of hydrogen-bond acceptors (Lipinski definition) is 2. The lowest BCUT2D eigenvalue weighted by Crippen LogP contribution is -2.50. The standard InChI is InChI=1S/C29H35NO/c1-28(2,31)22-23-18-20-27(21-19-23)30-29(24-12-6-3-7-13-24,25-14-8-4-9-15-25)26-16-10-5-11-17-26/h3-17,23,27,30-31H,18-22H2,1-2H3. The highest BCUT2D eigenvalue weighted by atomic mass is 16.3. The van der Waals surface area contributed by atoms with E-state index in [0.717, 1.165) is 32.1 Å². The summed E-state index contributed by atoms with van der Waals surface area (Å²) in [5.74, 6) is 0.609. The van der Waals surface area contributed by atoms with E-state index in [4.69, 9.17) is 0 Å². The van der Waals surface area contributed by atoms with Crippen molar-refractivity contribution in [2.45, 2.75) is 63.1 Å². The highest BCUT2D eigenvalue weighted by Crippen LogP contribution is 2.39. The van der Waals surface area contributed by atoms with Gasteiger partial charge in [-0.1, -0.05) is 91.0 Å². The Kier molecular flexibility index (Phi) is 6.60. The molecule has 0 saturated heterocycles. The first-order valence-electron chi connectivity index (χ1n) is 11.6. The van der Waals surface area contributed by atoms with Gasteiger partial charge >= 0.3 is 0 Å². The summed E-state index contributed by atoms with van der Waals surface area (Å²) in [5.41, 5.74) is 2.84. The zero-order chi connectivity index (χ0) is 21.7. The van der Waals surface area contributed by atoms with Crippen molar-refractivity contribution in [3.63, 3.8) is 0 Å². The van der Waals surface area contributed by atoms with Gasteiger partial charge in [0.2, 0.25) is 0 Å². The predicted molar refractivity (Wildman–Crippen MR) is 129 cm³/mol. The van der Waals surface area contributed by atoms with Crippen molar-refractivity contribution in [1.82, 2.24) is 5.32 Å². The van der Waals surface area contributed by atoms with Crippen molar-refractivity contribution in [3.05, 3.63) is 108 Å². The second-order valence-electron chi connectivity index (χ2n) is 9.73. The molecule has 0 spiro atoms. The van der Waals surface area contributed by atoms with Crippen LogP contribution in [0, 0.1) is 5.92 Å². The first-order chi connectivity index (χ1) is 15.0. The summed E-state index contributed by atoms with van der Waals surface area (Å²) in [7, 11) is 0. The molecule has 0 radical (unpaired) electrons. The van der Waals surface area contributed by atoms with Crippen molar-refractivity contribution < 1.29 is 5.11 Å². The number of aliphatic hydroxyl groups is 1. The van der Waals surface area contributed by atoms with Crippen molar-refractivity contribution >= 4 is 0 Å². The summed E-state index contributed by atoms with van der Waals surface area (Å²) < 4.78 is 0. The van der Waals surface area contributed by atoms with Crippen LogP contribution in [-0.2, 0) is 5.54 Å². The maximum absolute atomic E-state index is 10.3. The van der Waals surface area contributed by atoms with Crippen molar-refractivity contribution in [2.75, 3.05) is 0 Å². The molecule has 2 heteroatoms. The van der Waals surface area contributed by atoms with Gasteiger partial charge in [0.15, 0.2) is 0 Å². The minimum Gasteiger partial charge on any atom is -0.390 e. The summed E-state index contributed by atoms with van der Waals surface area (Å²) in [6.45, 7) is 3.87. The minimum absolute atomic E-state index is 0.391. The van der Waals surface area contributed by atoms with E-state index in [1.54, 1.807) is 0 Å². The van der Waals surface area contributed by atoms with Gasteiger partial charge in [-0.15, -0.1) is 0 Å². The molecule has 0 amide bonds. The van der Waals surface area contributed by atoms with E-state index in [2.05, 4.69) is 96.3 Å². The third-order valence-corrected chi connectivity index (χ3v) is 6.68. The first-order valence-corrected chi connectivity index (χ1v) is 11.6. The quantitative estimate of drug-likeness (QED) is 0.446. The molecular formula is C29H35NO. The van der Waals surface area contributed by atoms with E-state index >= 15 is 0 Å². The summed E-state index contributed by atoms with van der Waals surface area (Å²) >= 11 is 0. The van der Waals surface area contributed by atoms with Gasteiger partial charge in [0, 0.05) is 6.04 Å². The molecule has 2 N–H and O–H groups in total. The fourth-order valence-electron chi connectivity index (χ4n) is 5.34. The van der Waals surface area contributed by atoms with Gasteiger partial charge in [0.25, 0.3) is 0 Å². The fraction of sp³-hybridized carbons (Fsp3) is 0.379. The summed E-state index contributed by atoms with van der Waals surface area (Å²) in [4.78, 5) is 0. The Morgan fingerprint density at radius 2 is 1.06 bits per heavy atom. The smallest absolute Gasteiger partial charge is 0.0950 e. The lowest BCUT2D eigenvalue weighted by Gasteiger charge is -2.42. The van der Waals surface area contributed by atoms with E-state index in [1.807, 2.05) is 13.8 Å². The molecule has 1 fully saturated rings. The molecule has 1 aliphatic rings. The third-order valence-electron chi connectivity index (χ3n) is 6.68. The third kappa shape index (κ3) is 5.08. The van der Waals surface area contributed by atoms with Gasteiger partial charge in [0.05, 0.1) is 11.1 Å². The lowest BCUT2D eigenvalue weighted by atomic mass is 9.74. The Balaban J connectivity index is 1.70. The average Bonchev–Trinajstić information content (AvgIpc) is 2.79. The van der Waals surface area contributed by atoms with E-state index < -0.39 is 11.1 Å². The average molecular weight is 414 g/mol. The number of hydrogen-bond donors (Lipinski definition) is 2. The van der Waals surface area contributed by atoms with Gasteiger partial charge in [-0.05, 0) is 68.6 Å². The topological polar surface area (TPSA) is 32.3 Å². The minimum atomic E-state index is -0.577. The molecule has 31 heavy (non-hydrogen) atoms. The van der Waals surface area contributed by atoms with Crippen LogP contribution in [0.3, 0.4) is 0 Å². The maximum atomic E-state index is 10.3. The Morgan fingerprint density at radius 3 is 1.42 bits per heavy atom. The molecule has 162 valence electrons. The van der Waals surface area contributed by atoms with Crippen LogP contribution in [0.25, 0.3) is 0 Å². The highest BCUT2D eigenvalue weighted by molar-refractivity contribution is 5.49. The normalized spacial score (nSPS) is 19.8. The van der Waals surface area contributed by atoms with Crippen LogP contribution in [0.4, 0.5) is 0 Å². The van der Waals surface area contributed by atoms with E-state index in [1.165, 1.54) is 16.7 Å². The fourth-order valence-corrected chi connectivity index (χ4v) is 5.34. The Hall–Kier alpha value is -2.42. The van der Waals surface area contributed by atoms with Crippen LogP contribution in [-0.4, -0.2) is 16.7 Å². The molecule has 0 bridgehead atoms. The van der Waals surface area contributed by atoms with Crippen molar-refractivity contribution in [2.24, 2.45) is 5.92 Å². The van der Waals surface area contributed by atoms with Crippen LogP contribution >= 0.6 is 0 Å². The summed E-state index contributed by atoms with van der Waals surface area (Å²) in [6.07, 6.45) is 5.48. The van der Waals surface area contributed by atoms with Crippen LogP contribution < -0.4 is 5.32 Å². The summed E-state index contributed by atoms with van der Waals surface area (Å²) in [6, 6.07) is 33.0. The Bertz CT molecular complexity index is 826. The molecule has 3 aromatic carbocycles. The van der Waals surface area contributed by atoms with Crippen molar-refractivity contribution in [1.29, 1.82) is 0 Å². The Morgan fingerprint density at radius 1 is 0.677 bits per heavy atom. The van der Waals surface area contributed by atoms with Crippen molar-refractivity contribution in [3.8, 4) is 0 Å². The van der Waals surface area contributed by atoms with E-state index in [-0.39, 0.29) is 0 Å². The van der Waals surface area contributed by atoms with Crippen LogP contribution in [0.5, 0.6) is 0 Å². The molecule has 1 saturated carbocycles. The molecule has 1 aliphatic carbocycles. The molecule has 0 heterocycles. The first kappa shape index (κ1) is 21.8. The monoisotopic (exact) mass is 413 g/mol. The second-order valence-corrected chi connectivity index (χ2v) is 9.73. The lowest BCUT2D eigenvalue weighted by molar-refractivity contribution is 0.0431. The number of benzene rings is 3. The maximum Gasteiger partial charge on any atom is 0.0950 e. The number of rotatable bonds is 7. The molecule has 4 rings (SSSR count). The molecule has 2 nitrogen and oxygen atoms in total. The SMILES string of the molecule is CC(C)(O)CC1CCC(NC(c2ccccc2)(c2ccccc2)c2ccccc2)CC1. The van der Waals surface area contributed by atoms with Crippen LogP contribution in [0.15, 0.2) is 91.0 Å². The molecule has 3 aromatic rings. The summed E-state index contributed by atoms with van der Waals surface area (Å²) in [5, 5.41) is 14.4. The van der Waals surface area contributed by atoms with Crippen LogP contribution in [0.1, 0.15) is 62.6 Å². The van der Waals surface area contributed by atoms with Gasteiger partial charge in [-0.2, -0.15) is 0 Å². The molecule has 0 atom stereocenters. The second kappa shape index (κ2) is 9.38.